The van der Waals surface area contributed by atoms with Gasteiger partial charge in [-0.3, -0.25) is 4.79 Å². The van der Waals surface area contributed by atoms with Gasteiger partial charge >= 0.3 is 6.36 Å². The zero-order valence-corrected chi connectivity index (χ0v) is 20.6. The number of rotatable bonds is 10. The Labute approximate surface area is 220 Å². The van der Waals surface area contributed by atoms with Crippen molar-refractivity contribution in [1.29, 1.82) is 0 Å². The van der Waals surface area contributed by atoms with Crippen LogP contribution in [0.4, 0.5) is 27.6 Å². The summed E-state index contributed by atoms with van der Waals surface area (Å²) in [4.78, 5) is 13.3. The molecular weight excluding hydrogens is 527 g/mol. The van der Waals surface area contributed by atoms with E-state index in [-0.39, 0.29) is 53.1 Å². The number of alkyl halides is 3. The van der Waals surface area contributed by atoms with Crippen molar-refractivity contribution in [1.82, 2.24) is 0 Å². The third-order valence-corrected chi connectivity index (χ3v) is 5.85. The summed E-state index contributed by atoms with van der Waals surface area (Å²) in [7, 11) is 0. The van der Waals surface area contributed by atoms with Crippen LogP contribution in [0.5, 0.6) is 23.0 Å². The molecule has 0 bridgehead atoms. The number of carbonyl (C=O) groups is 1. The van der Waals surface area contributed by atoms with Gasteiger partial charge in [0, 0.05) is 23.9 Å². The van der Waals surface area contributed by atoms with Crippen molar-refractivity contribution in [2.45, 2.75) is 38.1 Å². The van der Waals surface area contributed by atoms with Gasteiger partial charge in [0.25, 0.3) is 5.91 Å². The molecule has 1 saturated carbocycles. The Hall–Kier alpha value is -3.90. The number of hydrogen-bond acceptors (Lipinski definition) is 6. The number of amides is 1. The molecule has 208 valence electrons. The SMILES string of the molecule is Cc1cc(F)ccc1Oc1cc(C2CC2)c(OC(F)(F)F)cc1C(=O)Nc1ccc(F)c(OCC(O)CN)c1. The van der Waals surface area contributed by atoms with Crippen LogP contribution in [0.25, 0.3) is 0 Å². The first kappa shape index (κ1) is 28.1. The minimum absolute atomic E-state index is 0.0483. The summed E-state index contributed by atoms with van der Waals surface area (Å²) in [5, 5.41) is 12.0. The van der Waals surface area contributed by atoms with Crippen LogP contribution < -0.4 is 25.3 Å². The first-order chi connectivity index (χ1) is 18.4. The average Bonchev–Trinajstić information content (AvgIpc) is 3.70. The number of ether oxygens (including phenoxy) is 3. The lowest BCUT2D eigenvalue weighted by molar-refractivity contribution is -0.274. The Morgan fingerprint density at radius 1 is 1.05 bits per heavy atom. The summed E-state index contributed by atoms with van der Waals surface area (Å²) < 4.78 is 82.7. The molecule has 3 aromatic carbocycles. The highest BCUT2D eigenvalue weighted by Gasteiger charge is 2.36. The van der Waals surface area contributed by atoms with E-state index in [2.05, 4.69) is 10.1 Å². The Balaban J connectivity index is 1.70. The molecule has 1 aliphatic carbocycles. The lowest BCUT2D eigenvalue weighted by Gasteiger charge is -2.19. The Morgan fingerprint density at radius 3 is 2.44 bits per heavy atom. The van der Waals surface area contributed by atoms with Crippen LogP contribution in [0.15, 0.2) is 48.5 Å². The van der Waals surface area contributed by atoms with Crippen molar-refractivity contribution in [3.8, 4) is 23.0 Å². The van der Waals surface area contributed by atoms with Crippen LogP contribution in [0.1, 0.15) is 40.2 Å². The van der Waals surface area contributed by atoms with E-state index in [1.54, 1.807) is 6.92 Å². The number of nitrogens with two attached hydrogens (primary N) is 1. The van der Waals surface area contributed by atoms with Gasteiger partial charge in [-0.05, 0) is 73.7 Å². The van der Waals surface area contributed by atoms with Crippen LogP contribution in [0.2, 0.25) is 0 Å². The second kappa shape index (κ2) is 11.5. The summed E-state index contributed by atoms with van der Waals surface area (Å²) in [5.74, 6) is -3.12. The maximum Gasteiger partial charge on any atom is 0.573 e. The predicted octanol–water partition coefficient (Wildman–Crippen LogP) is 5.79. The maximum atomic E-state index is 14.2. The molecule has 1 amide bonds. The fourth-order valence-corrected chi connectivity index (χ4v) is 3.75. The van der Waals surface area contributed by atoms with Crippen molar-refractivity contribution in [3.63, 3.8) is 0 Å². The van der Waals surface area contributed by atoms with E-state index < -0.39 is 35.8 Å². The lowest BCUT2D eigenvalue weighted by atomic mass is 10.0. The minimum atomic E-state index is -5.01. The normalized spacial score (nSPS) is 14.1. The molecule has 1 aliphatic rings. The molecular formula is C27H25F5N2O5. The second-order valence-corrected chi connectivity index (χ2v) is 9.02. The van der Waals surface area contributed by atoms with Gasteiger partial charge < -0.3 is 30.4 Å². The van der Waals surface area contributed by atoms with Crippen molar-refractivity contribution >= 4 is 11.6 Å². The van der Waals surface area contributed by atoms with E-state index in [4.69, 9.17) is 15.2 Å². The van der Waals surface area contributed by atoms with Gasteiger partial charge in [-0.2, -0.15) is 0 Å². The summed E-state index contributed by atoms with van der Waals surface area (Å²) in [6, 6.07) is 9.30. The van der Waals surface area contributed by atoms with Crippen LogP contribution in [0, 0.1) is 18.6 Å². The van der Waals surface area contributed by atoms with Gasteiger partial charge in [0.05, 0.1) is 5.56 Å². The third-order valence-electron chi connectivity index (χ3n) is 5.85. The smallest absolute Gasteiger partial charge is 0.488 e. The van der Waals surface area contributed by atoms with E-state index in [0.29, 0.717) is 18.4 Å². The van der Waals surface area contributed by atoms with E-state index in [1.807, 2.05) is 0 Å². The highest BCUT2D eigenvalue weighted by molar-refractivity contribution is 6.06. The molecule has 39 heavy (non-hydrogen) atoms. The van der Waals surface area contributed by atoms with Crippen LogP contribution in [-0.2, 0) is 0 Å². The molecule has 1 unspecified atom stereocenters. The molecule has 0 saturated heterocycles. The number of benzene rings is 3. The van der Waals surface area contributed by atoms with E-state index in [1.165, 1.54) is 24.3 Å². The van der Waals surface area contributed by atoms with Crippen molar-refractivity contribution < 1.29 is 46.1 Å². The van der Waals surface area contributed by atoms with Gasteiger partial charge in [0.15, 0.2) is 11.6 Å². The molecule has 1 atom stereocenters. The molecule has 0 radical (unpaired) electrons. The summed E-state index contributed by atoms with van der Waals surface area (Å²) >= 11 is 0. The Kier molecular flexibility index (Phi) is 8.26. The lowest BCUT2D eigenvalue weighted by Crippen LogP contribution is -2.26. The van der Waals surface area contributed by atoms with Gasteiger partial charge in [0.1, 0.15) is 35.8 Å². The number of aliphatic hydroxyl groups excluding tert-OH is 1. The van der Waals surface area contributed by atoms with Crippen molar-refractivity contribution in [2.24, 2.45) is 5.73 Å². The number of hydrogen-bond donors (Lipinski definition) is 3. The molecule has 0 spiro atoms. The average molecular weight is 552 g/mol. The van der Waals surface area contributed by atoms with Crippen molar-refractivity contribution in [2.75, 3.05) is 18.5 Å². The largest absolute Gasteiger partial charge is 0.573 e. The fraction of sp³-hybridized carbons (Fsp3) is 0.296. The monoisotopic (exact) mass is 552 g/mol. The fourth-order valence-electron chi connectivity index (χ4n) is 3.75. The number of carbonyl (C=O) groups excluding carboxylic acids is 1. The zero-order chi connectivity index (χ0) is 28.3. The molecule has 12 heteroatoms. The minimum Gasteiger partial charge on any atom is -0.488 e. The first-order valence-corrected chi connectivity index (χ1v) is 11.9. The van der Waals surface area contributed by atoms with Gasteiger partial charge in [0.2, 0.25) is 0 Å². The van der Waals surface area contributed by atoms with Crippen molar-refractivity contribution in [3.05, 3.63) is 76.9 Å². The van der Waals surface area contributed by atoms with E-state index in [0.717, 1.165) is 24.3 Å². The van der Waals surface area contributed by atoms with Gasteiger partial charge in [-0.25, -0.2) is 8.78 Å². The molecule has 4 rings (SSSR count). The van der Waals surface area contributed by atoms with Gasteiger partial charge in [-0.15, -0.1) is 13.2 Å². The topological polar surface area (TPSA) is 103 Å². The molecule has 3 aromatic rings. The highest BCUT2D eigenvalue weighted by atomic mass is 19.4. The number of halogens is 5. The number of aliphatic hydroxyl groups is 1. The molecule has 0 aliphatic heterocycles. The molecule has 1 fully saturated rings. The molecule has 0 heterocycles. The Bertz CT molecular complexity index is 1360. The van der Waals surface area contributed by atoms with E-state index >= 15 is 0 Å². The zero-order valence-electron chi connectivity index (χ0n) is 20.6. The second-order valence-electron chi connectivity index (χ2n) is 9.02. The summed E-state index contributed by atoms with van der Waals surface area (Å²) in [5.41, 5.74) is 5.66. The number of aryl methyl sites for hydroxylation is 1. The number of anilines is 1. The maximum absolute atomic E-state index is 14.2. The molecule has 4 N–H and O–H groups in total. The highest BCUT2D eigenvalue weighted by Crippen LogP contribution is 2.48. The van der Waals surface area contributed by atoms with Crippen LogP contribution in [-0.4, -0.2) is 36.6 Å². The van der Waals surface area contributed by atoms with Gasteiger partial charge in [-0.1, -0.05) is 0 Å². The standard InChI is InChI=1S/C27H25F5N2O5/c1-14-8-16(28)4-7-22(14)38-23-10-19(15-2-3-15)24(39-27(30,31)32)11-20(23)26(36)34-17-5-6-21(29)25(9-17)37-13-18(35)12-33/h4-11,15,18,35H,2-3,12-13,33H2,1H3,(H,34,36). The third kappa shape index (κ3) is 7.36. The first-order valence-electron chi connectivity index (χ1n) is 11.9. The number of nitrogens with one attached hydrogen (secondary N) is 1. The summed E-state index contributed by atoms with van der Waals surface area (Å²) in [6.45, 7) is 1.15. The summed E-state index contributed by atoms with van der Waals surface area (Å²) in [6.07, 6.45) is -4.79. The van der Waals surface area contributed by atoms with Crippen LogP contribution in [0.3, 0.4) is 0 Å². The predicted molar refractivity (Wildman–Crippen MR) is 131 cm³/mol. The molecule has 0 aromatic heterocycles. The molecule has 7 nitrogen and oxygen atoms in total. The van der Waals surface area contributed by atoms with E-state index in [9.17, 15) is 31.9 Å². The quantitative estimate of drug-likeness (QED) is 0.275. The Morgan fingerprint density at radius 2 is 1.79 bits per heavy atom. The van der Waals surface area contributed by atoms with Crippen LogP contribution >= 0.6 is 0 Å².